The summed E-state index contributed by atoms with van der Waals surface area (Å²) in [5.74, 6) is 3.15. The lowest BCUT2D eigenvalue weighted by atomic mass is 9.94. The molecule has 2 rings (SSSR count). The van der Waals surface area contributed by atoms with Gasteiger partial charge in [-0.25, -0.2) is 9.98 Å². The third-order valence-electron chi connectivity index (χ3n) is 3.87. The van der Waals surface area contributed by atoms with Gasteiger partial charge in [-0.2, -0.15) is 0 Å². The standard InChI is InChI=1S/C20H32N4O3.HI/c1-5-25-12-7-10-21-19(22-11-9-16-8-6-13-26-16)24-15-18-23-14-17(27-18)20(2,3)4;/h6,8,13-14H,5,7,9-12,15H2,1-4H3,(H2,21,22,24);1H. The summed E-state index contributed by atoms with van der Waals surface area (Å²) in [6.45, 7) is 11.7. The summed E-state index contributed by atoms with van der Waals surface area (Å²) >= 11 is 0. The number of aromatic nitrogens is 1. The third-order valence-corrected chi connectivity index (χ3v) is 3.87. The van der Waals surface area contributed by atoms with E-state index in [2.05, 4.69) is 41.4 Å². The van der Waals surface area contributed by atoms with Crippen molar-refractivity contribution in [1.82, 2.24) is 15.6 Å². The zero-order valence-corrected chi connectivity index (χ0v) is 19.6. The van der Waals surface area contributed by atoms with E-state index >= 15 is 0 Å². The Morgan fingerprint density at radius 2 is 2.04 bits per heavy atom. The number of guanidine groups is 1. The van der Waals surface area contributed by atoms with Gasteiger partial charge in [0, 0.05) is 38.1 Å². The maximum atomic E-state index is 5.81. The summed E-state index contributed by atoms with van der Waals surface area (Å²) in [7, 11) is 0. The Balaban J connectivity index is 0.00000392. The number of rotatable bonds is 10. The molecule has 28 heavy (non-hydrogen) atoms. The minimum atomic E-state index is -0.0589. The second kappa shape index (κ2) is 12.8. The van der Waals surface area contributed by atoms with E-state index in [1.807, 2.05) is 19.1 Å². The zero-order chi connectivity index (χ0) is 19.5. The second-order valence-electron chi connectivity index (χ2n) is 7.27. The van der Waals surface area contributed by atoms with Crippen LogP contribution >= 0.6 is 24.0 Å². The van der Waals surface area contributed by atoms with Crippen LogP contribution in [-0.2, 0) is 23.1 Å². The highest BCUT2D eigenvalue weighted by Gasteiger charge is 2.19. The second-order valence-corrected chi connectivity index (χ2v) is 7.27. The molecule has 2 heterocycles. The number of hydrogen-bond acceptors (Lipinski definition) is 5. The maximum absolute atomic E-state index is 5.81. The van der Waals surface area contributed by atoms with Crippen molar-refractivity contribution in [2.75, 3.05) is 26.3 Å². The fourth-order valence-electron chi connectivity index (χ4n) is 2.34. The van der Waals surface area contributed by atoms with E-state index in [1.54, 1.807) is 12.5 Å². The van der Waals surface area contributed by atoms with Crippen LogP contribution < -0.4 is 10.6 Å². The summed E-state index contributed by atoms with van der Waals surface area (Å²) in [6.07, 6.45) is 5.18. The van der Waals surface area contributed by atoms with Crippen molar-refractivity contribution < 1.29 is 13.6 Å². The first-order valence-corrected chi connectivity index (χ1v) is 9.56. The van der Waals surface area contributed by atoms with Gasteiger partial charge in [-0.1, -0.05) is 20.8 Å². The Hall–Kier alpha value is -1.55. The van der Waals surface area contributed by atoms with Crippen LogP contribution in [0, 0.1) is 0 Å². The largest absolute Gasteiger partial charge is 0.469 e. The number of ether oxygens (including phenoxy) is 1. The fraction of sp³-hybridized carbons (Fsp3) is 0.600. The summed E-state index contributed by atoms with van der Waals surface area (Å²) in [5, 5.41) is 6.65. The quantitative estimate of drug-likeness (QED) is 0.221. The van der Waals surface area contributed by atoms with Crippen molar-refractivity contribution in [3.63, 3.8) is 0 Å². The zero-order valence-electron chi connectivity index (χ0n) is 17.3. The van der Waals surface area contributed by atoms with E-state index in [9.17, 15) is 0 Å². The number of nitrogens with zero attached hydrogens (tertiary/aromatic N) is 2. The Labute approximate surface area is 184 Å². The Kier molecular flexibility index (Phi) is 11.2. The third kappa shape index (κ3) is 9.09. The molecule has 0 aliphatic heterocycles. The normalized spacial score (nSPS) is 11.9. The van der Waals surface area contributed by atoms with Crippen molar-refractivity contribution >= 4 is 29.9 Å². The van der Waals surface area contributed by atoms with E-state index < -0.39 is 0 Å². The minimum absolute atomic E-state index is 0. The fourth-order valence-corrected chi connectivity index (χ4v) is 2.34. The van der Waals surface area contributed by atoms with E-state index in [1.165, 1.54) is 0 Å². The molecule has 158 valence electrons. The molecule has 0 unspecified atom stereocenters. The average molecular weight is 504 g/mol. The molecule has 2 N–H and O–H groups in total. The number of oxazole rings is 1. The van der Waals surface area contributed by atoms with E-state index in [-0.39, 0.29) is 29.4 Å². The van der Waals surface area contributed by atoms with Crippen LogP contribution in [-0.4, -0.2) is 37.2 Å². The van der Waals surface area contributed by atoms with Crippen LogP contribution in [0.5, 0.6) is 0 Å². The molecular weight excluding hydrogens is 471 g/mol. The molecule has 0 saturated carbocycles. The van der Waals surface area contributed by atoms with E-state index in [4.69, 9.17) is 13.6 Å². The predicted octanol–water partition coefficient (Wildman–Crippen LogP) is 3.89. The molecule has 0 fully saturated rings. The molecule has 0 atom stereocenters. The molecule has 0 bridgehead atoms. The highest BCUT2D eigenvalue weighted by atomic mass is 127. The molecule has 7 nitrogen and oxygen atoms in total. The molecule has 0 amide bonds. The van der Waals surface area contributed by atoms with Gasteiger partial charge in [0.2, 0.25) is 5.89 Å². The summed E-state index contributed by atoms with van der Waals surface area (Å²) in [6, 6.07) is 3.86. The van der Waals surface area contributed by atoms with Gasteiger partial charge in [0.05, 0.1) is 12.5 Å². The van der Waals surface area contributed by atoms with Crippen molar-refractivity contribution in [3.8, 4) is 0 Å². The van der Waals surface area contributed by atoms with Gasteiger partial charge in [-0.3, -0.25) is 0 Å². The number of furan rings is 1. The molecule has 0 spiro atoms. The van der Waals surface area contributed by atoms with E-state index in [0.717, 1.165) is 56.6 Å². The van der Waals surface area contributed by atoms with Crippen LogP contribution in [0.4, 0.5) is 0 Å². The Bertz CT molecular complexity index is 678. The first kappa shape index (κ1) is 24.5. The molecule has 0 aliphatic carbocycles. The first-order valence-electron chi connectivity index (χ1n) is 9.56. The predicted molar refractivity (Wildman–Crippen MR) is 121 cm³/mol. The van der Waals surface area contributed by atoms with Crippen LogP contribution in [0.15, 0.2) is 38.4 Å². The Morgan fingerprint density at radius 3 is 2.68 bits per heavy atom. The first-order chi connectivity index (χ1) is 13.0. The van der Waals surface area contributed by atoms with Gasteiger partial charge in [0.1, 0.15) is 18.1 Å². The van der Waals surface area contributed by atoms with Gasteiger partial charge in [0.15, 0.2) is 5.96 Å². The molecule has 0 saturated heterocycles. The molecule has 0 radical (unpaired) electrons. The highest BCUT2D eigenvalue weighted by molar-refractivity contribution is 14.0. The van der Waals surface area contributed by atoms with E-state index in [0.29, 0.717) is 12.4 Å². The van der Waals surface area contributed by atoms with Crippen molar-refractivity contribution in [1.29, 1.82) is 0 Å². The van der Waals surface area contributed by atoms with Crippen LogP contribution in [0.25, 0.3) is 0 Å². The van der Waals surface area contributed by atoms with Crippen LogP contribution in [0.1, 0.15) is 51.5 Å². The SMILES string of the molecule is CCOCCCNC(=NCc1ncc(C(C)(C)C)o1)NCCc1ccco1.I. The topological polar surface area (TPSA) is 84.8 Å². The molecule has 0 aromatic carbocycles. The molecule has 8 heteroatoms. The summed E-state index contributed by atoms with van der Waals surface area (Å²) in [4.78, 5) is 8.92. The van der Waals surface area contributed by atoms with Crippen molar-refractivity contribution in [3.05, 3.63) is 42.0 Å². The van der Waals surface area contributed by atoms with Crippen LogP contribution in [0.2, 0.25) is 0 Å². The number of halogens is 1. The Morgan fingerprint density at radius 1 is 1.25 bits per heavy atom. The smallest absolute Gasteiger partial charge is 0.216 e. The molecule has 2 aromatic rings. The lowest BCUT2D eigenvalue weighted by molar-refractivity contribution is 0.145. The van der Waals surface area contributed by atoms with Gasteiger partial charge in [-0.15, -0.1) is 24.0 Å². The minimum Gasteiger partial charge on any atom is -0.469 e. The summed E-state index contributed by atoms with van der Waals surface area (Å²) < 4.78 is 16.5. The molecule has 2 aromatic heterocycles. The lowest BCUT2D eigenvalue weighted by Gasteiger charge is -2.13. The van der Waals surface area contributed by atoms with Gasteiger partial charge < -0.3 is 24.2 Å². The number of aliphatic imine (C=N–C) groups is 1. The van der Waals surface area contributed by atoms with Gasteiger partial charge in [-0.05, 0) is 25.5 Å². The maximum Gasteiger partial charge on any atom is 0.216 e. The molecule has 0 aliphatic rings. The lowest BCUT2D eigenvalue weighted by Crippen LogP contribution is -2.39. The monoisotopic (exact) mass is 504 g/mol. The number of hydrogen-bond donors (Lipinski definition) is 2. The highest BCUT2D eigenvalue weighted by Crippen LogP contribution is 2.22. The summed E-state index contributed by atoms with van der Waals surface area (Å²) in [5.41, 5.74) is -0.0589. The number of nitrogens with one attached hydrogen (secondary N) is 2. The van der Waals surface area contributed by atoms with Crippen LogP contribution in [0.3, 0.4) is 0 Å². The average Bonchev–Trinajstić information content (AvgIpc) is 3.30. The van der Waals surface area contributed by atoms with Gasteiger partial charge >= 0.3 is 0 Å². The van der Waals surface area contributed by atoms with Crippen molar-refractivity contribution in [2.45, 2.75) is 52.5 Å². The van der Waals surface area contributed by atoms with Crippen molar-refractivity contribution in [2.24, 2.45) is 4.99 Å². The molecular formula is C20H33IN4O3. The van der Waals surface area contributed by atoms with Gasteiger partial charge in [0.25, 0.3) is 0 Å².